The van der Waals surface area contributed by atoms with Crippen LogP contribution >= 0.6 is 0 Å². The minimum absolute atomic E-state index is 0.486. The molecule has 0 unspecified atom stereocenters. The van der Waals surface area contributed by atoms with Gasteiger partial charge in [-0.2, -0.15) is 0 Å². The predicted molar refractivity (Wildman–Crippen MR) is 60.2 cm³/mol. The van der Waals surface area contributed by atoms with Crippen LogP contribution in [0.2, 0.25) is 0 Å². The van der Waals surface area contributed by atoms with E-state index in [4.69, 9.17) is 5.73 Å². The van der Waals surface area contributed by atoms with Gasteiger partial charge in [0, 0.05) is 18.1 Å². The highest BCUT2D eigenvalue weighted by Gasteiger charge is 2.29. The van der Waals surface area contributed by atoms with Crippen molar-refractivity contribution in [2.75, 3.05) is 0 Å². The van der Waals surface area contributed by atoms with Gasteiger partial charge < -0.3 is 11.1 Å². The molecule has 0 bridgehead atoms. The van der Waals surface area contributed by atoms with Crippen LogP contribution in [0.25, 0.3) is 0 Å². The van der Waals surface area contributed by atoms with Crippen molar-refractivity contribution >= 4 is 0 Å². The molecule has 14 heavy (non-hydrogen) atoms. The zero-order chi connectivity index (χ0) is 9.97. The van der Waals surface area contributed by atoms with Crippen LogP contribution in [0.3, 0.4) is 0 Å². The molecule has 2 aliphatic carbocycles. The zero-order valence-corrected chi connectivity index (χ0v) is 9.34. The number of rotatable bonds is 3. The van der Waals surface area contributed by atoms with Gasteiger partial charge in [0.2, 0.25) is 0 Å². The Hall–Kier alpha value is -0.0800. The summed E-state index contributed by atoms with van der Waals surface area (Å²) in [6.45, 7) is 2.32. The third-order valence-electron chi connectivity index (χ3n) is 4.07. The van der Waals surface area contributed by atoms with E-state index in [0.29, 0.717) is 6.04 Å². The molecule has 0 saturated heterocycles. The zero-order valence-electron chi connectivity index (χ0n) is 9.34. The Morgan fingerprint density at radius 3 is 2.21 bits per heavy atom. The standard InChI is InChI=1S/C12H24N2/c1-2-9-3-5-11(6-4-9)14-12-7-10(13)8-12/h9-12,14H,2-8,13H2,1H3. The molecule has 2 heteroatoms. The van der Waals surface area contributed by atoms with Crippen molar-refractivity contribution in [2.24, 2.45) is 11.7 Å². The SMILES string of the molecule is CCC1CCC(NC2CC(N)C2)CC1. The van der Waals surface area contributed by atoms with Crippen LogP contribution < -0.4 is 11.1 Å². The van der Waals surface area contributed by atoms with E-state index in [1.54, 1.807) is 0 Å². The Kier molecular flexibility index (Phi) is 3.45. The highest BCUT2D eigenvalue weighted by atomic mass is 15.0. The highest BCUT2D eigenvalue weighted by Crippen LogP contribution is 2.28. The van der Waals surface area contributed by atoms with Crippen molar-refractivity contribution in [1.82, 2.24) is 5.32 Å². The second-order valence-electron chi connectivity index (χ2n) is 5.22. The van der Waals surface area contributed by atoms with Gasteiger partial charge in [-0.25, -0.2) is 0 Å². The first-order valence-electron chi connectivity index (χ1n) is 6.29. The number of nitrogens with two attached hydrogens (primary N) is 1. The lowest BCUT2D eigenvalue weighted by molar-refractivity contribution is 0.216. The minimum Gasteiger partial charge on any atom is -0.328 e. The van der Waals surface area contributed by atoms with Gasteiger partial charge in [0.15, 0.2) is 0 Å². The Bertz CT molecular complexity index is 167. The van der Waals surface area contributed by atoms with Gasteiger partial charge >= 0.3 is 0 Å². The lowest BCUT2D eigenvalue weighted by atomic mass is 9.82. The molecule has 2 saturated carbocycles. The quantitative estimate of drug-likeness (QED) is 0.725. The van der Waals surface area contributed by atoms with E-state index in [-0.39, 0.29) is 0 Å². The third-order valence-corrected chi connectivity index (χ3v) is 4.07. The number of hydrogen-bond acceptors (Lipinski definition) is 2. The van der Waals surface area contributed by atoms with Crippen molar-refractivity contribution in [3.05, 3.63) is 0 Å². The topological polar surface area (TPSA) is 38.0 Å². The van der Waals surface area contributed by atoms with Gasteiger partial charge in [-0.05, 0) is 44.4 Å². The molecule has 2 nitrogen and oxygen atoms in total. The molecule has 2 fully saturated rings. The van der Waals surface area contributed by atoms with E-state index >= 15 is 0 Å². The van der Waals surface area contributed by atoms with E-state index in [9.17, 15) is 0 Å². The normalized spacial score (nSPS) is 43.3. The second kappa shape index (κ2) is 4.63. The first-order valence-corrected chi connectivity index (χ1v) is 6.29. The Balaban J connectivity index is 1.64. The molecule has 82 valence electrons. The van der Waals surface area contributed by atoms with E-state index in [2.05, 4.69) is 12.2 Å². The molecule has 2 aliphatic rings. The molecule has 0 spiro atoms. The summed E-state index contributed by atoms with van der Waals surface area (Å²) in [5.41, 5.74) is 5.78. The summed E-state index contributed by atoms with van der Waals surface area (Å²) < 4.78 is 0. The van der Waals surface area contributed by atoms with E-state index in [0.717, 1.165) is 18.0 Å². The molecule has 2 rings (SSSR count). The van der Waals surface area contributed by atoms with Crippen molar-refractivity contribution in [2.45, 2.75) is 70.0 Å². The van der Waals surface area contributed by atoms with Crippen molar-refractivity contribution in [3.8, 4) is 0 Å². The summed E-state index contributed by atoms with van der Waals surface area (Å²) >= 11 is 0. The van der Waals surface area contributed by atoms with Crippen LogP contribution in [-0.4, -0.2) is 18.1 Å². The molecular formula is C12H24N2. The van der Waals surface area contributed by atoms with Crippen LogP contribution in [0, 0.1) is 5.92 Å². The summed E-state index contributed by atoms with van der Waals surface area (Å²) in [5.74, 6) is 1.01. The molecule has 0 aromatic heterocycles. The Labute approximate surface area is 87.6 Å². The fourth-order valence-corrected chi connectivity index (χ4v) is 2.87. The van der Waals surface area contributed by atoms with E-state index in [1.807, 2.05) is 0 Å². The third kappa shape index (κ3) is 2.48. The van der Waals surface area contributed by atoms with Crippen LogP contribution in [-0.2, 0) is 0 Å². The minimum atomic E-state index is 0.486. The first-order chi connectivity index (χ1) is 6.78. The van der Waals surface area contributed by atoms with E-state index < -0.39 is 0 Å². The van der Waals surface area contributed by atoms with Crippen molar-refractivity contribution in [1.29, 1.82) is 0 Å². The molecule has 0 radical (unpaired) electrons. The molecule has 0 aromatic carbocycles. The summed E-state index contributed by atoms with van der Waals surface area (Å²) in [6.07, 6.45) is 9.44. The number of nitrogens with one attached hydrogen (secondary N) is 1. The fourth-order valence-electron chi connectivity index (χ4n) is 2.87. The second-order valence-corrected chi connectivity index (χ2v) is 5.22. The van der Waals surface area contributed by atoms with Gasteiger partial charge in [0.25, 0.3) is 0 Å². The predicted octanol–water partition coefficient (Wildman–Crippen LogP) is 2.03. The van der Waals surface area contributed by atoms with E-state index in [1.165, 1.54) is 44.9 Å². The lowest BCUT2D eigenvalue weighted by Crippen LogP contribution is -2.52. The average Bonchev–Trinajstić information content (AvgIpc) is 2.17. The Morgan fingerprint density at radius 2 is 1.71 bits per heavy atom. The van der Waals surface area contributed by atoms with Gasteiger partial charge in [-0.1, -0.05) is 13.3 Å². The summed E-state index contributed by atoms with van der Waals surface area (Å²) in [4.78, 5) is 0. The summed E-state index contributed by atoms with van der Waals surface area (Å²) in [5, 5.41) is 3.75. The molecule has 0 amide bonds. The van der Waals surface area contributed by atoms with Gasteiger partial charge in [0.05, 0.1) is 0 Å². The summed E-state index contributed by atoms with van der Waals surface area (Å²) in [7, 11) is 0. The van der Waals surface area contributed by atoms with Crippen LogP contribution in [0.5, 0.6) is 0 Å². The van der Waals surface area contributed by atoms with Crippen LogP contribution in [0.4, 0.5) is 0 Å². The first kappa shape index (κ1) is 10.4. The molecule has 3 N–H and O–H groups in total. The monoisotopic (exact) mass is 196 g/mol. The molecule has 0 aliphatic heterocycles. The lowest BCUT2D eigenvalue weighted by Gasteiger charge is -2.38. The molecule has 0 aromatic rings. The maximum atomic E-state index is 5.78. The van der Waals surface area contributed by atoms with Gasteiger partial charge in [-0.3, -0.25) is 0 Å². The number of hydrogen-bond donors (Lipinski definition) is 2. The van der Waals surface area contributed by atoms with Crippen molar-refractivity contribution < 1.29 is 0 Å². The molecular weight excluding hydrogens is 172 g/mol. The fraction of sp³-hybridized carbons (Fsp3) is 1.00. The maximum Gasteiger partial charge on any atom is 0.00991 e. The summed E-state index contributed by atoms with van der Waals surface area (Å²) in [6, 6.07) is 2.03. The molecule has 0 heterocycles. The maximum absolute atomic E-state index is 5.78. The highest BCUT2D eigenvalue weighted by molar-refractivity contribution is 4.90. The smallest absolute Gasteiger partial charge is 0.00991 e. The van der Waals surface area contributed by atoms with Crippen molar-refractivity contribution in [3.63, 3.8) is 0 Å². The van der Waals surface area contributed by atoms with Gasteiger partial charge in [-0.15, -0.1) is 0 Å². The Morgan fingerprint density at radius 1 is 1.07 bits per heavy atom. The average molecular weight is 196 g/mol. The largest absolute Gasteiger partial charge is 0.328 e. The van der Waals surface area contributed by atoms with Gasteiger partial charge in [0.1, 0.15) is 0 Å². The van der Waals surface area contributed by atoms with Crippen LogP contribution in [0.1, 0.15) is 51.9 Å². The molecule has 0 atom stereocenters. The van der Waals surface area contributed by atoms with Crippen LogP contribution in [0.15, 0.2) is 0 Å².